The van der Waals surface area contributed by atoms with Gasteiger partial charge in [0, 0.05) is 25.0 Å². The zero-order valence-electron chi connectivity index (χ0n) is 10.1. The summed E-state index contributed by atoms with van der Waals surface area (Å²) in [4.78, 5) is 15.9. The van der Waals surface area contributed by atoms with Gasteiger partial charge < -0.3 is 4.57 Å². The minimum atomic E-state index is -4.53. The van der Waals surface area contributed by atoms with E-state index >= 15 is 0 Å². The second-order valence-electron chi connectivity index (χ2n) is 4.10. The van der Waals surface area contributed by atoms with Crippen LogP contribution in [0.15, 0.2) is 36.7 Å². The number of alkyl halides is 3. The molecule has 0 saturated carbocycles. The molecule has 0 aliphatic heterocycles. The van der Waals surface area contributed by atoms with Gasteiger partial charge in [0.05, 0.1) is 12.0 Å². The van der Waals surface area contributed by atoms with Gasteiger partial charge in [-0.1, -0.05) is 18.2 Å². The zero-order valence-corrected chi connectivity index (χ0v) is 10.1. The number of hydrogen-bond donors (Lipinski definition) is 0. The van der Waals surface area contributed by atoms with Crippen molar-refractivity contribution in [3.63, 3.8) is 0 Å². The lowest BCUT2D eigenvalue weighted by atomic mass is 10.0. The lowest BCUT2D eigenvalue weighted by Gasteiger charge is -2.11. The van der Waals surface area contributed by atoms with Gasteiger partial charge in [0.2, 0.25) is 0 Å². The van der Waals surface area contributed by atoms with Crippen molar-refractivity contribution < 1.29 is 18.0 Å². The summed E-state index contributed by atoms with van der Waals surface area (Å²) in [6.45, 7) is 0. The van der Waals surface area contributed by atoms with Crippen LogP contribution in [-0.4, -0.2) is 15.3 Å². The first-order chi connectivity index (χ1) is 8.89. The number of imidazole rings is 1. The Balaban J connectivity index is 2.32. The van der Waals surface area contributed by atoms with Crippen LogP contribution in [0.5, 0.6) is 0 Å². The summed E-state index contributed by atoms with van der Waals surface area (Å²) in [6.07, 6.45) is -1.55. The number of benzene rings is 1. The van der Waals surface area contributed by atoms with Gasteiger partial charge in [-0.25, -0.2) is 4.98 Å². The number of nitrogens with zero attached hydrogens (tertiary/aromatic N) is 2. The van der Waals surface area contributed by atoms with Crippen molar-refractivity contribution in [1.82, 2.24) is 9.55 Å². The van der Waals surface area contributed by atoms with Gasteiger partial charge in [-0.3, -0.25) is 4.79 Å². The molecule has 0 aliphatic carbocycles. The molecule has 0 aliphatic rings. The Kier molecular flexibility index (Phi) is 3.42. The fourth-order valence-corrected chi connectivity index (χ4v) is 1.78. The maximum atomic E-state index is 12.8. The zero-order chi connectivity index (χ0) is 14.0. The SMILES string of the molecule is Cn1ccnc1CC(=O)c1ccccc1C(F)(F)F. The Morgan fingerprint density at radius 1 is 1.32 bits per heavy atom. The van der Waals surface area contributed by atoms with Gasteiger partial charge in [-0.05, 0) is 6.07 Å². The van der Waals surface area contributed by atoms with Crippen LogP contribution in [0.2, 0.25) is 0 Å². The van der Waals surface area contributed by atoms with E-state index in [4.69, 9.17) is 0 Å². The van der Waals surface area contributed by atoms with E-state index in [0.29, 0.717) is 5.82 Å². The first kappa shape index (κ1) is 13.3. The molecule has 0 spiro atoms. The van der Waals surface area contributed by atoms with Gasteiger partial charge in [-0.2, -0.15) is 13.2 Å². The number of ketones is 1. The summed E-state index contributed by atoms with van der Waals surface area (Å²) in [7, 11) is 1.69. The summed E-state index contributed by atoms with van der Waals surface area (Å²) in [6, 6.07) is 4.78. The second-order valence-corrected chi connectivity index (χ2v) is 4.10. The predicted octanol–water partition coefficient (Wildman–Crippen LogP) is 2.86. The molecule has 1 aromatic carbocycles. The third-order valence-corrected chi connectivity index (χ3v) is 2.77. The first-order valence-electron chi connectivity index (χ1n) is 5.55. The second kappa shape index (κ2) is 4.87. The molecule has 3 nitrogen and oxygen atoms in total. The largest absolute Gasteiger partial charge is 0.417 e. The van der Waals surface area contributed by atoms with Gasteiger partial charge in [0.25, 0.3) is 0 Å². The molecule has 19 heavy (non-hydrogen) atoms. The lowest BCUT2D eigenvalue weighted by molar-refractivity contribution is -0.137. The molecule has 0 radical (unpaired) electrons. The average Bonchev–Trinajstić information content (AvgIpc) is 2.74. The molecular weight excluding hydrogens is 257 g/mol. The first-order valence-corrected chi connectivity index (χ1v) is 5.55. The Morgan fingerprint density at radius 3 is 2.58 bits per heavy atom. The molecule has 0 bridgehead atoms. The summed E-state index contributed by atoms with van der Waals surface area (Å²) in [5, 5.41) is 0. The van der Waals surface area contributed by atoms with E-state index in [1.807, 2.05) is 0 Å². The van der Waals surface area contributed by atoms with Crippen LogP contribution in [-0.2, 0) is 19.6 Å². The highest BCUT2D eigenvalue weighted by Crippen LogP contribution is 2.32. The van der Waals surface area contributed by atoms with Crippen molar-refractivity contribution in [2.75, 3.05) is 0 Å². The summed E-state index contributed by atoms with van der Waals surface area (Å²) in [5.74, 6) is -0.163. The van der Waals surface area contributed by atoms with Crippen LogP contribution in [0.25, 0.3) is 0 Å². The molecule has 2 aromatic rings. The van der Waals surface area contributed by atoms with Crippen LogP contribution in [0.3, 0.4) is 0 Å². The van der Waals surface area contributed by atoms with Crippen LogP contribution in [0.4, 0.5) is 13.2 Å². The monoisotopic (exact) mass is 268 g/mol. The van der Waals surface area contributed by atoms with Crippen molar-refractivity contribution in [2.45, 2.75) is 12.6 Å². The molecule has 0 saturated heterocycles. The molecule has 0 fully saturated rings. The van der Waals surface area contributed by atoms with Crippen molar-refractivity contribution in [2.24, 2.45) is 7.05 Å². The highest BCUT2D eigenvalue weighted by atomic mass is 19.4. The van der Waals surface area contributed by atoms with E-state index in [9.17, 15) is 18.0 Å². The average molecular weight is 268 g/mol. The van der Waals surface area contributed by atoms with Crippen molar-refractivity contribution in [3.05, 3.63) is 53.6 Å². The molecule has 0 unspecified atom stereocenters. The third kappa shape index (κ3) is 2.83. The Hall–Kier alpha value is -2.11. The van der Waals surface area contributed by atoms with Crippen molar-refractivity contribution in [1.29, 1.82) is 0 Å². The maximum Gasteiger partial charge on any atom is 0.417 e. The maximum absolute atomic E-state index is 12.8. The number of halogens is 3. The van der Waals surface area contributed by atoms with Crippen LogP contribution < -0.4 is 0 Å². The van der Waals surface area contributed by atoms with Crippen molar-refractivity contribution >= 4 is 5.78 Å². The van der Waals surface area contributed by atoms with E-state index < -0.39 is 17.5 Å². The predicted molar refractivity (Wildman–Crippen MR) is 62.7 cm³/mol. The number of hydrogen-bond acceptors (Lipinski definition) is 2. The fraction of sp³-hybridized carbons (Fsp3) is 0.231. The van der Waals surface area contributed by atoms with E-state index in [0.717, 1.165) is 6.07 Å². The van der Waals surface area contributed by atoms with E-state index in [-0.39, 0.29) is 12.0 Å². The highest BCUT2D eigenvalue weighted by molar-refractivity contribution is 5.98. The number of carbonyl (C=O) groups excluding carboxylic acids is 1. The smallest absolute Gasteiger partial charge is 0.338 e. The number of aromatic nitrogens is 2. The van der Waals surface area contributed by atoms with E-state index in [2.05, 4.69) is 4.98 Å². The fourth-order valence-electron chi connectivity index (χ4n) is 1.78. The Morgan fingerprint density at radius 2 is 2.00 bits per heavy atom. The number of rotatable bonds is 3. The molecule has 0 amide bonds. The van der Waals surface area contributed by atoms with Crippen LogP contribution in [0, 0.1) is 0 Å². The minimum Gasteiger partial charge on any atom is -0.338 e. The van der Waals surface area contributed by atoms with E-state index in [1.165, 1.54) is 24.4 Å². The minimum absolute atomic E-state index is 0.156. The standard InChI is InChI=1S/C13H11F3N2O/c1-18-7-6-17-12(18)8-11(19)9-4-2-3-5-10(9)13(14,15)16/h2-7H,8H2,1H3. The summed E-state index contributed by atoms with van der Waals surface area (Å²) >= 11 is 0. The lowest BCUT2D eigenvalue weighted by Crippen LogP contribution is -2.15. The summed E-state index contributed by atoms with van der Waals surface area (Å²) in [5.41, 5.74) is -1.23. The Labute approximate surface area is 107 Å². The van der Waals surface area contributed by atoms with Crippen molar-refractivity contribution in [3.8, 4) is 0 Å². The van der Waals surface area contributed by atoms with Gasteiger partial charge in [0.1, 0.15) is 5.82 Å². The molecule has 6 heteroatoms. The van der Waals surface area contributed by atoms with Crippen LogP contribution in [0.1, 0.15) is 21.7 Å². The molecule has 2 rings (SSSR count). The van der Waals surface area contributed by atoms with Gasteiger partial charge >= 0.3 is 6.18 Å². The molecule has 0 atom stereocenters. The molecule has 1 aromatic heterocycles. The summed E-state index contributed by atoms with van der Waals surface area (Å²) < 4.78 is 40.0. The normalized spacial score (nSPS) is 11.6. The molecular formula is C13H11F3N2O. The topological polar surface area (TPSA) is 34.9 Å². The molecule has 1 heterocycles. The molecule has 100 valence electrons. The van der Waals surface area contributed by atoms with Gasteiger partial charge in [0.15, 0.2) is 5.78 Å². The number of Topliss-reactive ketones (excluding diaryl/α,β-unsaturated/α-hetero) is 1. The van der Waals surface area contributed by atoms with Gasteiger partial charge in [-0.15, -0.1) is 0 Å². The number of aryl methyl sites for hydroxylation is 1. The molecule has 0 N–H and O–H groups in total. The van der Waals surface area contributed by atoms with E-state index in [1.54, 1.807) is 17.8 Å². The van der Waals surface area contributed by atoms with Crippen LogP contribution >= 0.6 is 0 Å². The number of carbonyl (C=O) groups is 1. The quantitative estimate of drug-likeness (QED) is 0.802. The highest BCUT2D eigenvalue weighted by Gasteiger charge is 2.34. The third-order valence-electron chi connectivity index (χ3n) is 2.77. The Bertz CT molecular complexity index is 602.